The Labute approximate surface area is 236 Å². The van der Waals surface area contributed by atoms with E-state index in [9.17, 15) is 17.4 Å². The molecule has 0 radical (unpaired) electrons. The summed E-state index contributed by atoms with van der Waals surface area (Å²) < 4.78 is 62.0. The van der Waals surface area contributed by atoms with Gasteiger partial charge in [-0.1, -0.05) is 18.9 Å². The smallest absolute Gasteiger partial charge is 0.419 e. The van der Waals surface area contributed by atoms with Crippen molar-refractivity contribution in [2.75, 3.05) is 59.0 Å². The Morgan fingerprint density at radius 1 is 1.20 bits per heavy atom. The highest BCUT2D eigenvalue weighted by Crippen LogP contribution is 2.37. The molecule has 2 heterocycles. The first-order chi connectivity index (χ1) is 18.8. The lowest BCUT2D eigenvalue weighted by molar-refractivity contribution is -0.138. The molecule has 4 rings (SSSR count). The van der Waals surface area contributed by atoms with Crippen LogP contribution in [0.25, 0.3) is 0 Å². The van der Waals surface area contributed by atoms with Gasteiger partial charge in [0.2, 0.25) is 5.95 Å². The number of nitrogens with one attached hydrogen (secondary N) is 1. The Kier molecular flexibility index (Phi) is 9.64. The highest BCUT2D eigenvalue weighted by atomic mass is 32.2. The standard InChI is InChI=1S/C28H41F3N6O2S/c1-35-12-14-37(15-13-35)19-20-10-11-23(26(16-20)39-3)33-27-32-18-22(28(29,30)31)24(34-27)17-21-8-6-7-9-25(21)36(2)40(4,5)38/h10-11,16,18,21,25H,4,6-9,12-15,17,19H2,1-3,5H3,(H,32,33,34)/t21-,25+,40?/m0/s1. The van der Waals surface area contributed by atoms with Gasteiger partial charge < -0.3 is 15.0 Å². The van der Waals surface area contributed by atoms with Gasteiger partial charge in [0, 0.05) is 60.9 Å². The van der Waals surface area contributed by atoms with Gasteiger partial charge in [-0.2, -0.15) is 13.2 Å². The maximum Gasteiger partial charge on any atom is 0.419 e. The van der Waals surface area contributed by atoms with Gasteiger partial charge >= 0.3 is 6.18 Å². The molecule has 1 unspecified atom stereocenters. The molecular formula is C28H41F3N6O2S. The third kappa shape index (κ3) is 7.65. The number of benzene rings is 1. The summed E-state index contributed by atoms with van der Waals surface area (Å²) in [6, 6.07) is 5.64. The molecule has 40 heavy (non-hydrogen) atoms. The number of anilines is 2. The number of halogens is 3. The van der Waals surface area contributed by atoms with Gasteiger partial charge in [0.25, 0.3) is 0 Å². The fraction of sp³-hybridized carbons (Fsp3) is 0.607. The zero-order valence-electron chi connectivity index (χ0n) is 23.8. The summed E-state index contributed by atoms with van der Waals surface area (Å²) in [7, 11) is 2.94. The van der Waals surface area contributed by atoms with Crippen molar-refractivity contribution in [3.63, 3.8) is 0 Å². The van der Waals surface area contributed by atoms with E-state index < -0.39 is 21.4 Å². The van der Waals surface area contributed by atoms with Crippen LogP contribution in [0.2, 0.25) is 0 Å². The molecule has 0 spiro atoms. The molecule has 1 N–H and O–H groups in total. The van der Waals surface area contributed by atoms with Crippen molar-refractivity contribution in [3.05, 3.63) is 41.2 Å². The first-order valence-electron chi connectivity index (χ1n) is 13.7. The molecule has 8 nitrogen and oxygen atoms in total. The molecule has 2 fully saturated rings. The van der Waals surface area contributed by atoms with E-state index in [1.165, 1.54) is 0 Å². The monoisotopic (exact) mass is 582 g/mol. The van der Waals surface area contributed by atoms with Crippen LogP contribution >= 0.6 is 0 Å². The molecule has 1 aromatic heterocycles. The minimum Gasteiger partial charge on any atom is -0.495 e. The Morgan fingerprint density at radius 3 is 2.55 bits per heavy atom. The van der Waals surface area contributed by atoms with Crippen LogP contribution in [0.3, 0.4) is 0 Å². The minimum atomic E-state index is -4.59. The Balaban J connectivity index is 1.56. The summed E-state index contributed by atoms with van der Waals surface area (Å²) in [6.07, 6.45) is 1.28. The molecule has 0 amide bonds. The molecule has 1 saturated heterocycles. The maximum absolute atomic E-state index is 14.0. The number of hydrogen-bond donors (Lipinski definition) is 1. The van der Waals surface area contributed by atoms with Crippen molar-refractivity contribution in [3.8, 4) is 5.75 Å². The number of aromatic nitrogens is 2. The van der Waals surface area contributed by atoms with Crippen molar-refractivity contribution in [2.24, 2.45) is 5.92 Å². The van der Waals surface area contributed by atoms with Crippen LogP contribution in [0, 0.1) is 5.92 Å². The molecule has 1 aliphatic heterocycles. The Morgan fingerprint density at radius 2 is 1.90 bits per heavy atom. The molecule has 2 aliphatic rings. The van der Waals surface area contributed by atoms with Gasteiger partial charge in [-0.3, -0.25) is 9.11 Å². The normalized spacial score (nSPS) is 22.7. The fourth-order valence-corrected chi connectivity index (χ4v) is 6.48. The summed E-state index contributed by atoms with van der Waals surface area (Å²) in [6.45, 7) is 4.81. The second kappa shape index (κ2) is 12.6. The average Bonchev–Trinajstić information content (AvgIpc) is 2.89. The molecule has 3 atom stereocenters. The first kappa shape index (κ1) is 30.5. The maximum atomic E-state index is 14.0. The largest absolute Gasteiger partial charge is 0.495 e. The minimum absolute atomic E-state index is 0.0624. The molecule has 1 aromatic carbocycles. The summed E-state index contributed by atoms with van der Waals surface area (Å²) in [5, 5.41) is 3.07. The number of nitrogens with zero attached hydrogens (tertiary/aromatic N) is 5. The summed E-state index contributed by atoms with van der Waals surface area (Å²) in [5.74, 6) is 4.30. The van der Waals surface area contributed by atoms with E-state index in [4.69, 9.17) is 4.74 Å². The van der Waals surface area contributed by atoms with Gasteiger partial charge in [0.1, 0.15) is 5.75 Å². The van der Waals surface area contributed by atoms with Gasteiger partial charge in [-0.25, -0.2) is 14.3 Å². The third-order valence-electron chi connectivity index (χ3n) is 8.09. The number of likely N-dealkylation sites (N-methyl/N-ethyl adjacent to an activating group) is 1. The third-order valence-corrected chi connectivity index (χ3v) is 9.58. The fourth-order valence-electron chi connectivity index (χ4n) is 5.63. The van der Waals surface area contributed by atoms with Crippen LogP contribution in [-0.2, 0) is 28.8 Å². The molecule has 0 bridgehead atoms. The number of hydrogen-bond acceptors (Lipinski definition) is 7. The topological polar surface area (TPSA) is 73.8 Å². The second-order valence-electron chi connectivity index (χ2n) is 11.1. The second-order valence-corrected chi connectivity index (χ2v) is 13.6. The summed E-state index contributed by atoms with van der Waals surface area (Å²) in [4.78, 5) is 13.1. The number of piperazine rings is 1. The predicted molar refractivity (Wildman–Crippen MR) is 154 cm³/mol. The highest BCUT2D eigenvalue weighted by molar-refractivity contribution is 7.97. The number of ether oxygens (including phenoxy) is 1. The van der Waals surface area contributed by atoms with Gasteiger partial charge in [-0.05, 0) is 62.8 Å². The Hall–Kier alpha value is -2.41. The van der Waals surface area contributed by atoms with Crippen molar-refractivity contribution < 1.29 is 22.1 Å². The zero-order chi connectivity index (χ0) is 29.1. The van der Waals surface area contributed by atoms with Crippen LogP contribution in [0.4, 0.5) is 24.8 Å². The lowest BCUT2D eigenvalue weighted by Gasteiger charge is -2.38. The van der Waals surface area contributed by atoms with Crippen LogP contribution in [0.1, 0.15) is 42.5 Å². The van der Waals surface area contributed by atoms with Crippen molar-refractivity contribution in [1.82, 2.24) is 24.1 Å². The van der Waals surface area contributed by atoms with Crippen LogP contribution in [0.5, 0.6) is 5.75 Å². The van der Waals surface area contributed by atoms with Crippen molar-refractivity contribution in [2.45, 2.75) is 50.9 Å². The lowest BCUT2D eigenvalue weighted by Crippen LogP contribution is -2.43. The Bertz CT molecular complexity index is 1270. The molecule has 1 aliphatic carbocycles. The lowest BCUT2D eigenvalue weighted by atomic mass is 9.81. The molecular weight excluding hydrogens is 541 g/mol. The van der Waals surface area contributed by atoms with E-state index in [1.54, 1.807) is 24.7 Å². The average molecular weight is 583 g/mol. The van der Waals surface area contributed by atoms with E-state index in [-0.39, 0.29) is 30.0 Å². The number of alkyl halides is 3. The van der Waals surface area contributed by atoms with Crippen LogP contribution in [0.15, 0.2) is 24.4 Å². The van der Waals surface area contributed by atoms with E-state index in [0.717, 1.165) is 70.2 Å². The summed E-state index contributed by atoms with van der Waals surface area (Å²) in [5.41, 5.74) is 0.763. The van der Waals surface area contributed by atoms with Crippen molar-refractivity contribution >= 4 is 27.2 Å². The van der Waals surface area contributed by atoms with E-state index in [0.29, 0.717) is 11.4 Å². The van der Waals surface area contributed by atoms with E-state index in [2.05, 4.69) is 38.0 Å². The van der Waals surface area contributed by atoms with Gasteiger partial charge in [0.15, 0.2) is 0 Å². The van der Waals surface area contributed by atoms with E-state index >= 15 is 0 Å². The van der Waals surface area contributed by atoms with E-state index in [1.807, 2.05) is 18.2 Å². The summed E-state index contributed by atoms with van der Waals surface area (Å²) >= 11 is 0. The highest BCUT2D eigenvalue weighted by Gasteiger charge is 2.38. The number of methoxy groups -OCH3 is 1. The van der Waals surface area contributed by atoms with Crippen molar-refractivity contribution in [1.29, 1.82) is 0 Å². The van der Waals surface area contributed by atoms with Crippen LogP contribution < -0.4 is 10.1 Å². The molecule has 2 aromatic rings. The molecule has 12 heteroatoms. The quantitative estimate of drug-likeness (QED) is 0.443. The molecule has 222 valence electrons. The number of rotatable bonds is 9. The van der Waals surface area contributed by atoms with Gasteiger partial charge in [0.05, 0.1) is 24.1 Å². The molecule has 1 saturated carbocycles. The zero-order valence-corrected chi connectivity index (χ0v) is 24.7. The van der Waals surface area contributed by atoms with Crippen LogP contribution in [-0.4, -0.2) is 93.8 Å². The predicted octanol–water partition coefficient (Wildman–Crippen LogP) is 4.29. The SMILES string of the molecule is C=S(C)(=O)N(C)[C@@H]1CCCC[C@H]1Cc1nc(Nc2ccc(CN3CCN(C)CC3)cc2OC)ncc1C(F)(F)F. The first-order valence-corrected chi connectivity index (χ1v) is 15.8. The van der Waals surface area contributed by atoms with Gasteiger partial charge in [-0.15, -0.1) is 0 Å².